The number of nitrogens with zero attached hydrogens (tertiary/aromatic N) is 2. The molecule has 8 nitrogen and oxygen atoms in total. The van der Waals surface area contributed by atoms with E-state index < -0.39 is 42.6 Å². The minimum atomic E-state index is -3.80. The Bertz CT molecular complexity index is 916. The van der Waals surface area contributed by atoms with E-state index in [0.29, 0.717) is 10.1 Å². The standard InChI is InChI=1S/C18H19F2N3O5/c1-2-10-3-5-11(6-4-10)15(26)21-13-7-8-23(17(27)22-13)16-18(19,20)14(25)12(9-24)28-16/h3-8,12,14,16,24-25H,2,9H2,1H3,(H,21,22,26,27)/t12-,14-,16?/m1/s1. The molecule has 1 fully saturated rings. The summed E-state index contributed by atoms with van der Waals surface area (Å²) in [6, 6.07) is 8.00. The number of benzene rings is 1. The number of alkyl halides is 2. The van der Waals surface area contributed by atoms with Gasteiger partial charge in [0.15, 0.2) is 6.10 Å². The quantitative estimate of drug-likeness (QED) is 0.695. The van der Waals surface area contributed by atoms with E-state index in [9.17, 15) is 23.5 Å². The fourth-order valence-corrected chi connectivity index (χ4v) is 2.86. The zero-order chi connectivity index (χ0) is 20.5. The zero-order valence-corrected chi connectivity index (χ0v) is 14.9. The van der Waals surface area contributed by atoms with Gasteiger partial charge < -0.3 is 20.3 Å². The number of carbonyl (C=O) groups excluding carboxylic acids is 1. The maximum atomic E-state index is 14.2. The van der Waals surface area contributed by atoms with Crippen LogP contribution in [0.4, 0.5) is 14.6 Å². The minimum Gasteiger partial charge on any atom is -0.394 e. The predicted molar refractivity (Wildman–Crippen MR) is 94.2 cm³/mol. The highest BCUT2D eigenvalue weighted by atomic mass is 19.3. The number of aliphatic hydroxyl groups is 2. The van der Waals surface area contributed by atoms with Crippen LogP contribution >= 0.6 is 0 Å². The van der Waals surface area contributed by atoms with Gasteiger partial charge in [0.25, 0.3) is 5.91 Å². The van der Waals surface area contributed by atoms with E-state index in [0.717, 1.165) is 24.2 Å². The van der Waals surface area contributed by atoms with E-state index in [2.05, 4.69) is 10.3 Å². The average molecular weight is 395 g/mol. The Labute approximate surface area is 158 Å². The van der Waals surface area contributed by atoms with Crippen molar-refractivity contribution < 1.29 is 28.5 Å². The highest BCUT2D eigenvalue weighted by Crippen LogP contribution is 2.41. The van der Waals surface area contributed by atoms with Gasteiger partial charge in [-0.05, 0) is 30.2 Å². The van der Waals surface area contributed by atoms with E-state index in [-0.39, 0.29) is 5.82 Å². The summed E-state index contributed by atoms with van der Waals surface area (Å²) in [6.07, 6.45) is -4.11. The van der Waals surface area contributed by atoms with E-state index in [1.807, 2.05) is 6.92 Å². The van der Waals surface area contributed by atoms with Crippen molar-refractivity contribution >= 4 is 11.7 Å². The van der Waals surface area contributed by atoms with Gasteiger partial charge in [-0.1, -0.05) is 19.1 Å². The van der Waals surface area contributed by atoms with Crippen LogP contribution in [-0.2, 0) is 11.2 Å². The molecule has 1 aliphatic rings. The molecule has 0 bridgehead atoms. The number of halogens is 2. The number of hydrogen-bond donors (Lipinski definition) is 3. The van der Waals surface area contributed by atoms with Crippen LogP contribution in [0.5, 0.6) is 0 Å². The van der Waals surface area contributed by atoms with Gasteiger partial charge in [0.2, 0.25) is 6.23 Å². The van der Waals surface area contributed by atoms with Crippen molar-refractivity contribution in [2.24, 2.45) is 0 Å². The molecule has 1 aromatic carbocycles. The number of ether oxygens (including phenoxy) is 1. The number of hydrogen-bond acceptors (Lipinski definition) is 6. The van der Waals surface area contributed by atoms with Crippen molar-refractivity contribution in [1.29, 1.82) is 0 Å². The molecule has 3 rings (SSSR count). The van der Waals surface area contributed by atoms with Crippen LogP contribution < -0.4 is 11.0 Å². The summed E-state index contributed by atoms with van der Waals surface area (Å²) in [5.74, 6) is -4.43. The zero-order valence-electron chi connectivity index (χ0n) is 14.9. The predicted octanol–water partition coefficient (Wildman–Crippen LogP) is 0.944. The molecule has 1 unspecified atom stereocenters. The van der Waals surface area contributed by atoms with Crippen LogP contribution in [0, 0.1) is 0 Å². The molecule has 1 aromatic heterocycles. The van der Waals surface area contributed by atoms with Gasteiger partial charge >= 0.3 is 11.6 Å². The first-order valence-corrected chi connectivity index (χ1v) is 8.59. The number of anilines is 1. The van der Waals surface area contributed by atoms with Crippen LogP contribution in [0.1, 0.15) is 29.1 Å². The van der Waals surface area contributed by atoms with Crippen molar-refractivity contribution in [3.63, 3.8) is 0 Å². The smallest absolute Gasteiger partial charge is 0.351 e. The number of aryl methyl sites for hydroxylation is 1. The molecule has 0 aliphatic carbocycles. The number of carbonyl (C=O) groups is 1. The van der Waals surface area contributed by atoms with Gasteiger partial charge in [0, 0.05) is 11.8 Å². The molecular formula is C18H19F2N3O5. The Hall–Kier alpha value is -2.69. The summed E-state index contributed by atoms with van der Waals surface area (Å²) in [4.78, 5) is 28.0. The largest absolute Gasteiger partial charge is 0.394 e. The Balaban J connectivity index is 1.79. The topological polar surface area (TPSA) is 114 Å². The summed E-state index contributed by atoms with van der Waals surface area (Å²) < 4.78 is 33.7. The molecule has 1 amide bonds. The normalized spacial score (nSPS) is 23.5. The van der Waals surface area contributed by atoms with E-state index in [1.54, 1.807) is 24.3 Å². The van der Waals surface area contributed by atoms with Crippen LogP contribution in [0.25, 0.3) is 0 Å². The minimum absolute atomic E-state index is 0.119. The van der Waals surface area contributed by atoms with Crippen molar-refractivity contribution in [2.45, 2.75) is 37.7 Å². The number of amides is 1. The van der Waals surface area contributed by atoms with Gasteiger partial charge in [0.05, 0.1) is 6.61 Å². The second kappa shape index (κ2) is 7.74. The first-order chi connectivity index (χ1) is 13.3. The molecule has 1 saturated heterocycles. The van der Waals surface area contributed by atoms with Crippen molar-refractivity contribution in [3.8, 4) is 0 Å². The monoisotopic (exact) mass is 395 g/mol. The Morgan fingerprint density at radius 3 is 2.54 bits per heavy atom. The molecule has 3 N–H and O–H groups in total. The molecule has 0 spiro atoms. The highest BCUT2D eigenvalue weighted by Gasteiger charge is 2.59. The molecule has 0 saturated carbocycles. The van der Waals surface area contributed by atoms with Gasteiger partial charge in [-0.3, -0.25) is 9.36 Å². The maximum Gasteiger partial charge on any atom is 0.351 e. The molecule has 150 valence electrons. The van der Waals surface area contributed by atoms with Crippen molar-refractivity contribution in [2.75, 3.05) is 11.9 Å². The number of nitrogens with one attached hydrogen (secondary N) is 1. The summed E-state index contributed by atoms with van der Waals surface area (Å²) in [5, 5.41) is 21.0. The molecule has 1 aliphatic heterocycles. The Morgan fingerprint density at radius 2 is 2.00 bits per heavy atom. The third-order valence-corrected chi connectivity index (χ3v) is 4.51. The van der Waals surface area contributed by atoms with E-state index in [4.69, 9.17) is 9.84 Å². The lowest BCUT2D eigenvalue weighted by atomic mass is 10.1. The molecule has 0 radical (unpaired) electrons. The van der Waals surface area contributed by atoms with Crippen molar-refractivity contribution in [1.82, 2.24) is 9.55 Å². The molecule has 10 heteroatoms. The number of rotatable bonds is 5. The van der Waals surface area contributed by atoms with E-state index >= 15 is 0 Å². The summed E-state index contributed by atoms with van der Waals surface area (Å²) in [6.45, 7) is 1.15. The lowest BCUT2D eigenvalue weighted by molar-refractivity contribution is -0.140. The van der Waals surface area contributed by atoms with E-state index in [1.165, 1.54) is 0 Å². The third kappa shape index (κ3) is 3.66. The third-order valence-electron chi connectivity index (χ3n) is 4.51. The summed E-state index contributed by atoms with van der Waals surface area (Å²) >= 11 is 0. The van der Waals surface area contributed by atoms with Crippen LogP contribution in [0.3, 0.4) is 0 Å². The molecule has 2 heterocycles. The van der Waals surface area contributed by atoms with Crippen molar-refractivity contribution in [3.05, 3.63) is 58.1 Å². The van der Waals surface area contributed by atoms with Crippen LogP contribution in [0.2, 0.25) is 0 Å². The van der Waals surface area contributed by atoms with Gasteiger partial charge in [-0.25, -0.2) is 4.79 Å². The SMILES string of the molecule is CCc1ccc(C(=O)Nc2ccn(C3O[C@H](CO)[C@@H](O)C3(F)F)c(=O)n2)cc1. The second-order valence-corrected chi connectivity index (χ2v) is 6.34. The first-order valence-electron chi connectivity index (χ1n) is 8.59. The summed E-state index contributed by atoms with van der Waals surface area (Å²) in [5.41, 5.74) is 0.301. The summed E-state index contributed by atoms with van der Waals surface area (Å²) in [7, 11) is 0. The maximum absolute atomic E-state index is 14.2. The fraction of sp³-hybridized carbons (Fsp3) is 0.389. The number of aliphatic hydroxyl groups excluding tert-OH is 2. The molecule has 28 heavy (non-hydrogen) atoms. The molecule has 2 aromatic rings. The fourth-order valence-electron chi connectivity index (χ4n) is 2.86. The average Bonchev–Trinajstić information content (AvgIpc) is 2.91. The lowest BCUT2D eigenvalue weighted by Gasteiger charge is -2.21. The second-order valence-electron chi connectivity index (χ2n) is 6.34. The Morgan fingerprint density at radius 1 is 1.32 bits per heavy atom. The van der Waals surface area contributed by atoms with Crippen LogP contribution in [0.15, 0.2) is 41.3 Å². The van der Waals surface area contributed by atoms with Gasteiger partial charge in [-0.15, -0.1) is 0 Å². The molecular weight excluding hydrogens is 376 g/mol. The Kier molecular flexibility index (Phi) is 5.54. The molecule has 3 atom stereocenters. The lowest BCUT2D eigenvalue weighted by Crippen LogP contribution is -2.41. The highest BCUT2D eigenvalue weighted by molar-refractivity contribution is 6.03. The van der Waals surface area contributed by atoms with Crippen LogP contribution in [-0.4, -0.2) is 50.4 Å². The number of aromatic nitrogens is 2. The van der Waals surface area contributed by atoms with Gasteiger partial charge in [0.1, 0.15) is 11.9 Å². The van der Waals surface area contributed by atoms with Gasteiger partial charge in [-0.2, -0.15) is 13.8 Å². The first kappa shape index (κ1) is 20.1.